The molecule has 0 aliphatic rings. The van der Waals surface area contributed by atoms with E-state index in [0.29, 0.717) is 12.5 Å². The molecule has 0 atom stereocenters. The van der Waals surface area contributed by atoms with Gasteiger partial charge in [-0.1, -0.05) is 20.8 Å². The Morgan fingerprint density at radius 1 is 1.24 bits per heavy atom. The maximum Gasteiger partial charge on any atom is 0.162 e. The van der Waals surface area contributed by atoms with Crippen LogP contribution in [0.1, 0.15) is 59.5 Å². The van der Waals surface area contributed by atoms with E-state index >= 15 is 0 Å². The van der Waals surface area contributed by atoms with Crippen molar-refractivity contribution in [2.24, 2.45) is 5.92 Å². The van der Waals surface area contributed by atoms with Crippen molar-refractivity contribution in [2.45, 2.75) is 60.0 Å². The van der Waals surface area contributed by atoms with Gasteiger partial charge in [0.25, 0.3) is 0 Å². The average molecular weight is 405 g/mol. The molecule has 0 saturated heterocycles. The monoisotopic (exact) mass is 405 g/mol. The van der Waals surface area contributed by atoms with E-state index in [0.717, 1.165) is 40.3 Å². The molecule has 0 amide bonds. The number of halogens is 1. The molecule has 21 heavy (non-hydrogen) atoms. The standard InChI is InChI=1S/C16H28IN3O/c1-7-9-18-14-13(17)12(10-11(3)4)19-15(20-14)16(5,6)21-8-2/h11H,7-10H2,1-6H3,(H,18,19,20). The Kier molecular flexibility index (Phi) is 7.33. The number of rotatable bonds is 8. The molecule has 0 radical (unpaired) electrons. The number of hydrogen-bond acceptors (Lipinski definition) is 4. The van der Waals surface area contributed by atoms with Crippen LogP contribution >= 0.6 is 22.6 Å². The molecule has 0 unspecified atom stereocenters. The number of anilines is 1. The Balaban J connectivity index is 3.24. The fraction of sp³-hybridized carbons (Fsp3) is 0.750. The molecule has 1 aromatic rings. The first kappa shape index (κ1) is 18.6. The minimum atomic E-state index is -0.465. The fourth-order valence-electron chi connectivity index (χ4n) is 2.07. The first-order chi connectivity index (χ1) is 9.81. The molecule has 0 aliphatic carbocycles. The number of nitrogens with zero attached hydrogens (tertiary/aromatic N) is 2. The Bertz CT molecular complexity index is 461. The van der Waals surface area contributed by atoms with Crippen LogP contribution in [0.2, 0.25) is 0 Å². The second kappa shape index (κ2) is 8.27. The van der Waals surface area contributed by atoms with E-state index in [1.54, 1.807) is 0 Å². The summed E-state index contributed by atoms with van der Waals surface area (Å²) >= 11 is 2.35. The van der Waals surface area contributed by atoms with E-state index < -0.39 is 5.60 Å². The van der Waals surface area contributed by atoms with Crippen molar-refractivity contribution < 1.29 is 4.74 Å². The summed E-state index contributed by atoms with van der Waals surface area (Å²) in [5.74, 6) is 2.26. The van der Waals surface area contributed by atoms with Gasteiger partial charge in [-0.3, -0.25) is 0 Å². The molecule has 1 aromatic heterocycles. The minimum Gasteiger partial charge on any atom is -0.369 e. The van der Waals surface area contributed by atoms with Gasteiger partial charge >= 0.3 is 0 Å². The molecule has 0 spiro atoms. The van der Waals surface area contributed by atoms with Crippen molar-refractivity contribution in [3.63, 3.8) is 0 Å². The molecule has 0 saturated carbocycles. The summed E-state index contributed by atoms with van der Waals surface area (Å²) in [7, 11) is 0. The fourth-order valence-corrected chi connectivity index (χ4v) is 2.72. The van der Waals surface area contributed by atoms with E-state index in [4.69, 9.17) is 14.7 Å². The molecule has 1 heterocycles. The van der Waals surface area contributed by atoms with Crippen molar-refractivity contribution in [1.82, 2.24) is 9.97 Å². The highest BCUT2D eigenvalue weighted by Gasteiger charge is 2.27. The maximum atomic E-state index is 5.82. The van der Waals surface area contributed by atoms with Crippen LogP contribution in [0.4, 0.5) is 5.82 Å². The van der Waals surface area contributed by atoms with Gasteiger partial charge in [0.15, 0.2) is 5.82 Å². The normalized spacial score (nSPS) is 12.0. The van der Waals surface area contributed by atoms with Crippen molar-refractivity contribution in [3.8, 4) is 0 Å². The molecule has 0 aromatic carbocycles. The Hall–Kier alpha value is -0.430. The number of ether oxygens (including phenoxy) is 1. The first-order valence-corrected chi connectivity index (χ1v) is 8.84. The molecule has 4 nitrogen and oxygen atoms in total. The van der Waals surface area contributed by atoms with Gasteiger partial charge in [-0.05, 0) is 62.1 Å². The molecular formula is C16H28IN3O. The summed E-state index contributed by atoms with van der Waals surface area (Å²) in [6.45, 7) is 14.2. The van der Waals surface area contributed by atoms with Crippen LogP contribution in [-0.4, -0.2) is 23.1 Å². The van der Waals surface area contributed by atoms with E-state index in [9.17, 15) is 0 Å². The molecular weight excluding hydrogens is 377 g/mol. The van der Waals surface area contributed by atoms with E-state index in [2.05, 4.69) is 48.7 Å². The van der Waals surface area contributed by atoms with Crippen molar-refractivity contribution in [1.29, 1.82) is 0 Å². The predicted molar refractivity (Wildman–Crippen MR) is 96.7 cm³/mol. The summed E-state index contributed by atoms with van der Waals surface area (Å²) in [6, 6.07) is 0. The highest BCUT2D eigenvalue weighted by Crippen LogP contribution is 2.27. The average Bonchev–Trinajstić information content (AvgIpc) is 2.38. The Labute approximate surface area is 142 Å². The zero-order valence-corrected chi connectivity index (χ0v) is 16.2. The minimum absolute atomic E-state index is 0.465. The zero-order chi connectivity index (χ0) is 16.0. The third-order valence-corrected chi connectivity index (χ3v) is 4.24. The van der Waals surface area contributed by atoms with Gasteiger partial charge in [-0.2, -0.15) is 0 Å². The number of aromatic nitrogens is 2. The molecule has 0 fully saturated rings. The summed E-state index contributed by atoms with van der Waals surface area (Å²) < 4.78 is 6.95. The Morgan fingerprint density at radius 3 is 2.43 bits per heavy atom. The van der Waals surface area contributed by atoms with Gasteiger partial charge in [0.2, 0.25) is 0 Å². The summed E-state index contributed by atoms with van der Waals surface area (Å²) in [5, 5.41) is 3.42. The number of hydrogen-bond donors (Lipinski definition) is 1. The summed E-state index contributed by atoms with van der Waals surface area (Å²) in [6.07, 6.45) is 2.03. The lowest BCUT2D eigenvalue weighted by atomic mass is 10.1. The first-order valence-electron chi connectivity index (χ1n) is 7.76. The third-order valence-electron chi connectivity index (χ3n) is 3.11. The van der Waals surface area contributed by atoms with Gasteiger partial charge in [-0.15, -0.1) is 0 Å². The van der Waals surface area contributed by atoms with Crippen LogP contribution in [0.5, 0.6) is 0 Å². The molecule has 0 bridgehead atoms. The topological polar surface area (TPSA) is 47.0 Å². The van der Waals surface area contributed by atoms with Crippen molar-refractivity contribution >= 4 is 28.4 Å². The number of nitrogens with one attached hydrogen (secondary N) is 1. The summed E-state index contributed by atoms with van der Waals surface area (Å²) in [5.41, 5.74) is 0.648. The van der Waals surface area contributed by atoms with Crippen molar-refractivity contribution in [3.05, 3.63) is 15.1 Å². The second-order valence-electron chi connectivity index (χ2n) is 6.12. The largest absolute Gasteiger partial charge is 0.369 e. The van der Waals surface area contributed by atoms with Gasteiger partial charge in [0.05, 0.1) is 9.26 Å². The molecule has 1 N–H and O–H groups in total. The molecule has 5 heteroatoms. The van der Waals surface area contributed by atoms with Crippen molar-refractivity contribution in [2.75, 3.05) is 18.5 Å². The summed E-state index contributed by atoms with van der Waals surface area (Å²) in [4.78, 5) is 9.50. The van der Waals surface area contributed by atoms with E-state index in [-0.39, 0.29) is 0 Å². The van der Waals surface area contributed by atoms with Gasteiger partial charge in [0, 0.05) is 13.2 Å². The molecule has 120 valence electrons. The highest BCUT2D eigenvalue weighted by atomic mass is 127. The van der Waals surface area contributed by atoms with E-state index in [1.807, 2.05) is 20.8 Å². The van der Waals surface area contributed by atoms with Crippen LogP contribution in [0.3, 0.4) is 0 Å². The lowest BCUT2D eigenvalue weighted by molar-refractivity contribution is -0.0209. The lowest BCUT2D eigenvalue weighted by Crippen LogP contribution is -2.27. The maximum absolute atomic E-state index is 5.82. The third kappa shape index (κ3) is 5.36. The second-order valence-corrected chi connectivity index (χ2v) is 7.20. The molecule has 1 rings (SSSR count). The van der Waals surface area contributed by atoms with Crippen LogP contribution in [0.25, 0.3) is 0 Å². The Morgan fingerprint density at radius 2 is 1.90 bits per heavy atom. The van der Waals surface area contributed by atoms with Gasteiger partial charge in [0.1, 0.15) is 11.4 Å². The SMILES string of the molecule is CCCNc1nc(C(C)(C)OCC)nc(CC(C)C)c1I. The van der Waals surface area contributed by atoms with Gasteiger partial charge < -0.3 is 10.1 Å². The highest BCUT2D eigenvalue weighted by molar-refractivity contribution is 14.1. The zero-order valence-electron chi connectivity index (χ0n) is 14.1. The van der Waals surface area contributed by atoms with E-state index in [1.165, 1.54) is 0 Å². The molecule has 0 aliphatic heterocycles. The quantitative estimate of drug-likeness (QED) is 0.653. The van der Waals surface area contributed by atoms with Crippen LogP contribution < -0.4 is 5.32 Å². The van der Waals surface area contributed by atoms with Crippen LogP contribution in [0.15, 0.2) is 0 Å². The smallest absolute Gasteiger partial charge is 0.162 e. The van der Waals surface area contributed by atoms with Crippen LogP contribution in [-0.2, 0) is 16.8 Å². The van der Waals surface area contributed by atoms with Crippen LogP contribution in [0, 0.1) is 9.49 Å². The van der Waals surface area contributed by atoms with Gasteiger partial charge in [-0.25, -0.2) is 9.97 Å². The lowest BCUT2D eigenvalue weighted by Gasteiger charge is -2.25. The predicted octanol–water partition coefficient (Wildman–Crippen LogP) is 4.37.